The first-order chi connectivity index (χ1) is 17.6. The van der Waals surface area contributed by atoms with E-state index in [1.807, 2.05) is 0 Å². The van der Waals surface area contributed by atoms with Crippen LogP contribution < -0.4 is 0 Å². The predicted octanol–water partition coefficient (Wildman–Crippen LogP) is 11.1. The Morgan fingerprint density at radius 2 is 1.17 bits per heavy atom. The van der Waals surface area contributed by atoms with E-state index in [2.05, 4.69) is 50.2 Å². The molecule has 5 rings (SSSR count). The molecule has 36 heavy (non-hydrogen) atoms. The lowest BCUT2D eigenvalue weighted by atomic mass is 9.68. The van der Waals surface area contributed by atoms with Gasteiger partial charge in [0.15, 0.2) is 0 Å². The van der Waals surface area contributed by atoms with Gasteiger partial charge in [0.1, 0.15) is 5.82 Å². The fourth-order valence-corrected chi connectivity index (χ4v) is 8.15. The molecule has 0 atom stereocenters. The van der Waals surface area contributed by atoms with Gasteiger partial charge in [0.25, 0.3) is 0 Å². The van der Waals surface area contributed by atoms with Crippen molar-refractivity contribution in [3.63, 3.8) is 0 Å². The van der Waals surface area contributed by atoms with Crippen molar-refractivity contribution in [1.82, 2.24) is 0 Å². The molecular formula is C35H49F. The molecule has 3 saturated carbocycles. The van der Waals surface area contributed by atoms with Crippen LogP contribution in [0.25, 0.3) is 11.1 Å². The maximum atomic E-state index is 15.1. The Balaban J connectivity index is 1.14. The molecule has 196 valence electrons. The lowest BCUT2D eigenvalue weighted by Gasteiger charge is -2.38. The Labute approximate surface area is 220 Å². The third-order valence-corrected chi connectivity index (χ3v) is 10.6. The van der Waals surface area contributed by atoms with E-state index in [-0.39, 0.29) is 5.82 Å². The molecule has 0 aliphatic heterocycles. The Hall–Kier alpha value is -1.63. The molecule has 0 unspecified atom stereocenters. The van der Waals surface area contributed by atoms with E-state index in [0.29, 0.717) is 11.8 Å². The maximum Gasteiger partial charge on any atom is 0.127 e. The number of hydrogen-bond acceptors (Lipinski definition) is 0. The summed E-state index contributed by atoms with van der Waals surface area (Å²) >= 11 is 0. The van der Waals surface area contributed by atoms with E-state index in [0.717, 1.165) is 53.2 Å². The molecule has 0 bridgehead atoms. The molecule has 3 aliphatic rings. The van der Waals surface area contributed by atoms with Crippen molar-refractivity contribution < 1.29 is 4.39 Å². The second-order valence-electron chi connectivity index (χ2n) is 12.7. The average molecular weight is 489 g/mol. The lowest BCUT2D eigenvalue weighted by Crippen LogP contribution is -2.25. The zero-order chi connectivity index (χ0) is 24.9. The minimum absolute atomic E-state index is 0.00132. The van der Waals surface area contributed by atoms with Crippen LogP contribution in [0.4, 0.5) is 4.39 Å². The van der Waals surface area contributed by atoms with Crippen molar-refractivity contribution in [2.24, 2.45) is 23.7 Å². The van der Waals surface area contributed by atoms with Gasteiger partial charge in [-0.3, -0.25) is 0 Å². The maximum absolute atomic E-state index is 15.1. The van der Waals surface area contributed by atoms with E-state index in [1.165, 1.54) is 89.0 Å². The van der Waals surface area contributed by atoms with Gasteiger partial charge in [-0.1, -0.05) is 82.3 Å². The van der Waals surface area contributed by atoms with Crippen LogP contribution >= 0.6 is 0 Å². The molecule has 0 aromatic heterocycles. The number of rotatable bonds is 7. The molecular weight excluding hydrogens is 439 g/mol. The zero-order valence-corrected chi connectivity index (χ0v) is 23.0. The second kappa shape index (κ2) is 12.3. The number of benzene rings is 2. The lowest BCUT2D eigenvalue weighted by molar-refractivity contribution is 0.156. The van der Waals surface area contributed by atoms with Crippen LogP contribution in [0.2, 0.25) is 0 Å². The first kappa shape index (κ1) is 26.0. The fourth-order valence-electron chi connectivity index (χ4n) is 8.15. The third-order valence-electron chi connectivity index (χ3n) is 10.6. The van der Waals surface area contributed by atoms with Crippen LogP contribution in [-0.4, -0.2) is 0 Å². The largest absolute Gasteiger partial charge is 0.207 e. The van der Waals surface area contributed by atoms with Crippen molar-refractivity contribution in [2.75, 3.05) is 0 Å². The first-order valence-corrected chi connectivity index (χ1v) is 15.5. The van der Waals surface area contributed by atoms with E-state index in [4.69, 9.17) is 0 Å². The topological polar surface area (TPSA) is 0 Å². The summed E-state index contributed by atoms with van der Waals surface area (Å²) in [4.78, 5) is 0. The van der Waals surface area contributed by atoms with Crippen molar-refractivity contribution in [1.29, 1.82) is 0 Å². The van der Waals surface area contributed by atoms with Gasteiger partial charge in [-0.15, -0.1) is 0 Å². The van der Waals surface area contributed by atoms with Gasteiger partial charge in [-0.2, -0.15) is 0 Å². The van der Waals surface area contributed by atoms with Gasteiger partial charge >= 0.3 is 0 Å². The highest BCUT2D eigenvalue weighted by atomic mass is 19.1. The Bertz CT molecular complexity index is 935. The minimum Gasteiger partial charge on any atom is -0.207 e. The second-order valence-corrected chi connectivity index (χ2v) is 12.7. The van der Waals surface area contributed by atoms with Gasteiger partial charge in [-0.05, 0) is 128 Å². The summed E-state index contributed by atoms with van der Waals surface area (Å²) in [7, 11) is 0. The zero-order valence-electron chi connectivity index (χ0n) is 23.0. The van der Waals surface area contributed by atoms with Gasteiger partial charge in [-0.25, -0.2) is 4.39 Å². The highest BCUT2D eigenvalue weighted by Crippen LogP contribution is 2.45. The van der Waals surface area contributed by atoms with Gasteiger partial charge in [0, 0.05) is 0 Å². The standard InChI is InChI=1S/C35H49F/c1-3-5-26-8-10-27(11-9-26)28-14-16-29(17-15-28)30-18-20-31(21-19-30)33-22-23-34(35(36)24-33)32-12-6-25(4-2)7-13-32/h18-29,32H,3-17H2,1-2H3. The molecule has 0 spiro atoms. The third kappa shape index (κ3) is 6.08. The van der Waals surface area contributed by atoms with Crippen LogP contribution in [0.3, 0.4) is 0 Å². The fraction of sp³-hybridized carbons (Fsp3) is 0.657. The number of hydrogen-bond donors (Lipinski definition) is 0. The van der Waals surface area contributed by atoms with Crippen LogP contribution in [0.5, 0.6) is 0 Å². The summed E-state index contributed by atoms with van der Waals surface area (Å²) in [6, 6.07) is 15.1. The first-order valence-electron chi connectivity index (χ1n) is 15.5. The molecule has 0 amide bonds. The molecule has 1 heteroatoms. The quantitative estimate of drug-likeness (QED) is 0.363. The molecule has 0 radical (unpaired) electrons. The van der Waals surface area contributed by atoms with Crippen LogP contribution in [-0.2, 0) is 0 Å². The minimum atomic E-state index is -0.00132. The summed E-state index contributed by atoms with van der Waals surface area (Å²) in [5.74, 6) is 4.96. The van der Waals surface area contributed by atoms with Gasteiger partial charge in [0.2, 0.25) is 0 Å². The Morgan fingerprint density at radius 1 is 0.611 bits per heavy atom. The van der Waals surface area contributed by atoms with Gasteiger partial charge in [0.05, 0.1) is 0 Å². The molecule has 0 saturated heterocycles. The Kier molecular flexibility index (Phi) is 8.86. The molecule has 2 aromatic rings. The summed E-state index contributed by atoms with van der Waals surface area (Å²) in [6.45, 7) is 4.63. The highest BCUT2D eigenvalue weighted by Gasteiger charge is 2.31. The summed E-state index contributed by atoms with van der Waals surface area (Å²) in [5, 5.41) is 0. The van der Waals surface area contributed by atoms with Crippen LogP contribution in [0, 0.1) is 29.5 Å². The van der Waals surface area contributed by atoms with Crippen LogP contribution in [0.1, 0.15) is 133 Å². The van der Waals surface area contributed by atoms with Gasteiger partial charge < -0.3 is 0 Å². The molecule has 3 aliphatic carbocycles. The SMILES string of the molecule is CCCC1CCC(C2CCC(c3ccc(-c4ccc(C5CCC(CC)CC5)c(F)c4)cc3)CC2)CC1. The smallest absolute Gasteiger partial charge is 0.127 e. The molecule has 2 aromatic carbocycles. The number of halogens is 1. The molecule has 0 nitrogen and oxygen atoms in total. The van der Waals surface area contributed by atoms with Crippen molar-refractivity contribution >= 4 is 0 Å². The summed E-state index contributed by atoms with van der Waals surface area (Å²) in [6.07, 6.45) is 20.4. The van der Waals surface area contributed by atoms with E-state index in [9.17, 15) is 0 Å². The summed E-state index contributed by atoms with van der Waals surface area (Å²) < 4.78 is 15.1. The predicted molar refractivity (Wildman–Crippen MR) is 152 cm³/mol. The van der Waals surface area contributed by atoms with Crippen molar-refractivity contribution in [2.45, 2.75) is 122 Å². The monoisotopic (exact) mass is 488 g/mol. The van der Waals surface area contributed by atoms with Crippen molar-refractivity contribution in [3.8, 4) is 11.1 Å². The van der Waals surface area contributed by atoms with E-state index >= 15 is 4.39 Å². The molecule has 3 fully saturated rings. The molecule has 0 N–H and O–H groups in total. The van der Waals surface area contributed by atoms with Crippen LogP contribution in [0.15, 0.2) is 42.5 Å². The molecule has 0 heterocycles. The van der Waals surface area contributed by atoms with Crippen molar-refractivity contribution in [3.05, 3.63) is 59.4 Å². The van der Waals surface area contributed by atoms with E-state index < -0.39 is 0 Å². The Morgan fingerprint density at radius 3 is 1.75 bits per heavy atom. The normalized spacial score (nSPS) is 31.3. The highest BCUT2D eigenvalue weighted by molar-refractivity contribution is 5.64. The van der Waals surface area contributed by atoms with E-state index in [1.54, 1.807) is 6.07 Å². The summed E-state index contributed by atoms with van der Waals surface area (Å²) in [5.41, 5.74) is 4.61. The average Bonchev–Trinajstić information content (AvgIpc) is 2.94.